The zero-order chi connectivity index (χ0) is 16.5. The molecule has 1 unspecified atom stereocenters. The van der Waals surface area contributed by atoms with Crippen molar-refractivity contribution in [2.45, 2.75) is 19.8 Å². The summed E-state index contributed by atoms with van der Waals surface area (Å²) >= 11 is 6.25. The number of rotatable bonds is 3. The van der Waals surface area contributed by atoms with E-state index in [0.29, 0.717) is 5.92 Å². The van der Waals surface area contributed by atoms with Crippen LogP contribution in [0.4, 0.5) is 0 Å². The fraction of sp³-hybridized carbons (Fsp3) is 0.200. The number of halogens is 1. The molecule has 1 aromatic carbocycles. The van der Waals surface area contributed by atoms with Crippen LogP contribution in [-0.4, -0.2) is 14.6 Å². The predicted molar refractivity (Wildman–Crippen MR) is 98.8 cm³/mol. The molecule has 0 spiro atoms. The Bertz CT molecular complexity index is 952. The molecule has 3 aromatic rings. The molecule has 120 valence electrons. The molecule has 2 heterocycles. The highest BCUT2D eigenvalue weighted by Crippen LogP contribution is 2.40. The van der Waals surface area contributed by atoms with Crippen molar-refractivity contribution in [1.82, 2.24) is 14.6 Å². The molecule has 0 amide bonds. The van der Waals surface area contributed by atoms with Gasteiger partial charge in [0, 0.05) is 16.8 Å². The van der Waals surface area contributed by atoms with Gasteiger partial charge in [0.05, 0.1) is 0 Å². The molecule has 1 atom stereocenters. The molecule has 0 fully saturated rings. The summed E-state index contributed by atoms with van der Waals surface area (Å²) in [5.41, 5.74) is 5.81. The SMILES string of the molecule is CCC1CC=CC(c2ccc3ncnn3c2)=C1c1cccc(Cl)c1. The molecule has 0 radical (unpaired) electrons. The van der Waals surface area contributed by atoms with Crippen molar-refractivity contribution in [3.05, 3.63) is 77.2 Å². The van der Waals surface area contributed by atoms with Gasteiger partial charge in [-0.3, -0.25) is 0 Å². The number of fused-ring (bicyclic) bond motifs is 1. The average molecular weight is 336 g/mol. The van der Waals surface area contributed by atoms with Gasteiger partial charge in [-0.15, -0.1) is 0 Å². The van der Waals surface area contributed by atoms with Crippen LogP contribution in [0.2, 0.25) is 5.02 Å². The first-order valence-corrected chi connectivity index (χ1v) is 8.60. The van der Waals surface area contributed by atoms with E-state index in [1.165, 1.54) is 16.7 Å². The van der Waals surface area contributed by atoms with Gasteiger partial charge in [-0.2, -0.15) is 5.10 Å². The Morgan fingerprint density at radius 2 is 2.12 bits per heavy atom. The molecular weight excluding hydrogens is 318 g/mol. The lowest BCUT2D eigenvalue weighted by molar-refractivity contribution is 0.654. The standard InChI is InChI=1S/C20H18ClN3/c1-2-14-5-4-8-18(20(14)15-6-3-7-17(21)11-15)16-9-10-19-22-13-23-24(19)12-16/h3-4,6-14H,2,5H2,1H3. The number of hydrogen-bond donors (Lipinski definition) is 0. The molecule has 0 saturated carbocycles. The summed E-state index contributed by atoms with van der Waals surface area (Å²) in [4.78, 5) is 4.23. The zero-order valence-corrected chi connectivity index (χ0v) is 14.2. The van der Waals surface area contributed by atoms with Crippen LogP contribution in [0.15, 0.2) is 61.1 Å². The van der Waals surface area contributed by atoms with Gasteiger partial charge in [0.25, 0.3) is 0 Å². The maximum atomic E-state index is 6.25. The van der Waals surface area contributed by atoms with E-state index in [2.05, 4.69) is 47.4 Å². The van der Waals surface area contributed by atoms with E-state index < -0.39 is 0 Å². The third kappa shape index (κ3) is 2.65. The summed E-state index contributed by atoms with van der Waals surface area (Å²) in [6.07, 6.45) is 10.3. The molecule has 2 aromatic heterocycles. The van der Waals surface area contributed by atoms with Crippen molar-refractivity contribution in [3.63, 3.8) is 0 Å². The Morgan fingerprint density at radius 3 is 2.96 bits per heavy atom. The first-order valence-electron chi connectivity index (χ1n) is 8.22. The summed E-state index contributed by atoms with van der Waals surface area (Å²) in [6, 6.07) is 12.3. The van der Waals surface area contributed by atoms with Gasteiger partial charge < -0.3 is 0 Å². The summed E-state index contributed by atoms with van der Waals surface area (Å²) in [6.45, 7) is 2.24. The Hall–Kier alpha value is -2.39. The van der Waals surface area contributed by atoms with E-state index in [-0.39, 0.29) is 0 Å². The molecule has 1 aliphatic rings. The second-order valence-corrected chi connectivity index (χ2v) is 6.50. The molecule has 3 nitrogen and oxygen atoms in total. The summed E-state index contributed by atoms with van der Waals surface area (Å²) in [5, 5.41) is 5.04. The first-order chi connectivity index (χ1) is 11.8. The third-order valence-electron chi connectivity index (χ3n) is 4.62. The predicted octanol–water partition coefficient (Wildman–Crippen LogP) is 5.28. The van der Waals surface area contributed by atoms with E-state index >= 15 is 0 Å². The number of nitrogens with zero attached hydrogens (tertiary/aromatic N) is 3. The van der Waals surface area contributed by atoms with Gasteiger partial charge >= 0.3 is 0 Å². The van der Waals surface area contributed by atoms with Gasteiger partial charge in [-0.25, -0.2) is 9.50 Å². The van der Waals surface area contributed by atoms with Gasteiger partial charge in [-0.05, 0) is 59.7 Å². The lowest BCUT2D eigenvalue weighted by Gasteiger charge is -2.25. The van der Waals surface area contributed by atoms with Crippen LogP contribution >= 0.6 is 11.6 Å². The van der Waals surface area contributed by atoms with Crippen LogP contribution in [0.5, 0.6) is 0 Å². The summed E-state index contributed by atoms with van der Waals surface area (Å²) in [5.74, 6) is 0.495. The molecule has 0 N–H and O–H groups in total. The minimum Gasteiger partial charge on any atom is -0.221 e. The molecule has 24 heavy (non-hydrogen) atoms. The van der Waals surface area contributed by atoms with Crippen LogP contribution in [-0.2, 0) is 0 Å². The number of benzene rings is 1. The molecule has 0 aliphatic heterocycles. The fourth-order valence-corrected chi connectivity index (χ4v) is 3.61. The normalized spacial score (nSPS) is 17.7. The minimum atomic E-state index is 0.495. The second-order valence-electron chi connectivity index (χ2n) is 6.06. The topological polar surface area (TPSA) is 30.2 Å². The molecule has 0 saturated heterocycles. The highest BCUT2D eigenvalue weighted by Gasteiger charge is 2.21. The van der Waals surface area contributed by atoms with Crippen LogP contribution in [0, 0.1) is 5.92 Å². The van der Waals surface area contributed by atoms with Crippen LogP contribution in [0.25, 0.3) is 16.8 Å². The third-order valence-corrected chi connectivity index (χ3v) is 4.85. The monoisotopic (exact) mass is 335 g/mol. The van der Waals surface area contributed by atoms with Crippen LogP contribution in [0.3, 0.4) is 0 Å². The van der Waals surface area contributed by atoms with Gasteiger partial charge in [0.2, 0.25) is 0 Å². The van der Waals surface area contributed by atoms with Crippen molar-refractivity contribution in [2.24, 2.45) is 5.92 Å². The van der Waals surface area contributed by atoms with Crippen LogP contribution in [0.1, 0.15) is 30.9 Å². The lowest BCUT2D eigenvalue weighted by Crippen LogP contribution is -2.08. The molecule has 0 bridgehead atoms. The van der Waals surface area contributed by atoms with Gasteiger partial charge in [0.15, 0.2) is 5.65 Å². The van der Waals surface area contributed by atoms with E-state index in [9.17, 15) is 0 Å². The van der Waals surface area contributed by atoms with Crippen molar-refractivity contribution < 1.29 is 0 Å². The number of aromatic nitrogens is 3. The molecule has 4 rings (SSSR count). The Balaban J connectivity index is 1.94. The van der Waals surface area contributed by atoms with Crippen molar-refractivity contribution in [2.75, 3.05) is 0 Å². The van der Waals surface area contributed by atoms with Crippen molar-refractivity contribution in [1.29, 1.82) is 0 Å². The van der Waals surface area contributed by atoms with Crippen molar-refractivity contribution >= 4 is 28.4 Å². The first kappa shape index (κ1) is 15.2. The largest absolute Gasteiger partial charge is 0.221 e. The Kier molecular flexibility index (Phi) is 3.95. The van der Waals surface area contributed by atoms with E-state index in [1.54, 1.807) is 6.33 Å². The molecule has 4 heteroatoms. The maximum Gasteiger partial charge on any atom is 0.155 e. The summed E-state index contributed by atoms with van der Waals surface area (Å²) in [7, 11) is 0. The highest BCUT2D eigenvalue weighted by atomic mass is 35.5. The number of pyridine rings is 1. The fourth-order valence-electron chi connectivity index (χ4n) is 3.42. The molecular formula is C20H18ClN3. The molecule has 1 aliphatic carbocycles. The van der Waals surface area contributed by atoms with Gasteiger partial charge in [0.1, 0.15) is 6.33 Å². The second kappa shape index (κ2) is 6.25. The minimum absolute atomic E-state index is 0.495. The number of hydrogen-bond acceptors (Lipinski definition) is 2. The average Bonchev–Trinajstić information content (AvgIpc) is 3.08. The Labute approximate surface area is 146 Å². The maximum absolute atomic E-state index is 6.25. The lowest BCUT2D eigenvalue weighted by atomic mass is 9.79. The van der Waals surface area contributed by atoms with E-state index in [0.717, 1.165) is 29.1 Å². The number of allylic oxidation sites excluding steroid dienone is 4. The van der Waals surface area contributed by atoms with Crippen molar-refractivity contribution in [3.8, 4) is 0 Å². The smallest absolute Gasteiger partial charge is 0.155 e. The van der Waals surface area contributed by atoms with Crippen LogP contribution < -0.4 is 0 Å². The van der Waals surface area contributed by atoms with E-state index in [1.807, 2.05) is 28.9 Å². The zero-order valence-electron chi connectivity index (χ0n) is 13.5. The Morgan fingerprint density at radius 1 is 1.21 bits per heavy atom. The summed E-state index contributed by atoms with van der Waals surface area (Å²) < 4.78 is 1.82. The van der Waals surface area contributed by atoms with Gasteiger partial charge in [-0.1, -0.05) is 42.8 Å². The van der Waals surface area contributed by atoms with E-state index in [4.69, 9.17) is 11.6 Å². The quantitative estimate of drug-likeness (QED) is 0.651. The highest BCUT2D eigenvalue weighted by molar-refractivity contribution is 6.30.